The van der Waals surface area contributed by atoms with Crippen molar-refractivity contribution in [2.75, 3.05) is 41.7 Å². The lowest BCUT2D eigenvalue weighted by atomic mass is 9.74. The minimum absolute atomic E-state index is 0.129. The summed E-state index contributed by atoms with van der Waals surface area (Å²) in [6, 6.07) is 7.71. The van der Waals surface area contributed by atoms with Gasteiger partial charge >= 0.3 is 6.01 Å². The molecule has 7 rings (SSSR count). The van der Waals surface area contributed by atoms with Crippen LogP contribution < -0.4 is 25.6 Å². The number of nitriles is 2. The first-order chi connectivity index (χ1) is 18.5. The van der Waals surface area contributed by atoms with Gasteiger partial charge in [0.05, 0.1) is 11.3 Å². The van der Waals surface area contributed by atoms with Crippen LogP contribution in [-0.4, -0.2) is 58.0 Å². The average Bonchev–Trinajstić information content (AvgIpc) is 3.64. The molecule has 0 aromatic carbocycles. The van der Waals surface area contributed by atoms with Crippen LogP contribution in [0.1, 0.15) is 46.5 Å². The van der Waals surface area contributed by atoms with Crippen LogP contribution >= 0.6 is 11.3 Å². The number of nitrogen functional groups attached to an aromatic ring is 1. The van der Waals surface area contributed by atoms with Gasteiger partial charge in [-0.15, -0.1) is 11.3 Å². The van der Waals surface area contributed by atoms with E-state index in [1.807, 2.05) is 13.1 Å². The van der Waals surface area contributed by atoms with E-state index in [9.17, 15) is 10.5 Å². The van der Waals surface area contributed by atoms with E-state index in [1.54, 1.807) is 10.9 Å². The zero-order valence-electron chi connectivity index (χ0n) is 21.1. The summed E-state index contributed by atoms with van der Waals surface area (Å²) in [5, 5.41) is 28.6. The first-order valence-electron chi connectivity index (χ1n) is 13.0. The minimum Gasteiger partial charge on any atom is -0.457 e. The van der Waals surface area contributed by atoms with Gasteiger partial charge in [-0.3, -0.25) is 4.68 Å². The molecule has 2 bridgehead atoms. The Morgan fingerprint density at radius 3 is 2.50 bits per heavy atom. The monoisotopic (exact) mass is 528 g/mol. The molecule has 3 saturated heterocycles. The van der Waals surface area contributed by atoms with Crippen molar-refractivity contribution in [2.24, 2.45) is 7.05 Å². The smallest absolute Gasteiger partial charge is 0.320 e. The lowest BCUT2D eigenvalue weighted by Crippen LogP contribution is -2.59. The molecule has 12 heteroatoms. The molecule has 1 spiro atoms. The number of aryl methyl sites for hydroxylation is 2. The summed E-state index contributed by atoms with van der Waals surface area (Å²) >= 11 is 1.54. The van der Waals surface area contributed by atoms with Gasteiger partial charge in [-0.05, 0) is 37.3 Å². The molecule has 11 nitrogen and oxygen atoms in total. The summed E-state index contributed by atoms with van der Waals surface area (Å²) in [5.41, 5.74) is 9.17. The highest BCUT2D eigenvalue weighted by Gasteiger charge is 2.52. The summed E-state index contributed by atoms with van der Waals surface area (Å²) in [6.07, 6.45) is 5.90. The third kappa shape index (κ3) is 3.51. The highest BCUT2D eigenvalue weighted by Crippen LogP contribution is 2.53. The van der Waals surface area contributed by atoms with Crippen molar-refractivity contribution < 1.29 is 4.74 Å². The highest BCUT2D eigenvalue weighted by molar-refractivity contribution is 7.16. The number of anilines is 3. The van der Waals surface area contributed by atoms with Crippen LogP contribution in [-0.2, 0) is 25.5 Å². The molecule has 2 atom stereocenters. The molecule has 3 aliphatic heterocycles. The van der Waals surface area contributed by atoms with Crippen molar-refractivity contribution in [3.05, 3.63) is 39.5 Å². The molecule has 4 aliphatic rings. The van der Waals surface area contributed by atoms with E-state index in [-0.39, 0.29) is 18.0 Å². The Hall–Kier alpha value is -3.87. The Kier molecular flexibility index (Phi) is 5.25. The Bertz CT molecular complexity index is 1500. The number of aromatic nitrogens is 4. The average molecular weight is 529 g/mol. The second-order valence-electron chi connectivity index (χ2n) is 10.8. The molecule has 0 radical (unpaired) electrons. The third-order valence-electron chi connectivity index (χ3n) is 8.52. The van der Waals surface area contributed by atoms with Crippen molar-refractivity contribution in [1.82, 2.24) is 25.1 Å². The van der Waals surface area contributed by atoms with Crippen LogP contribution in [0.15, 0.2) is 12.3 Å². The van der Waals surface area contributed by atoms with E-state index in [2.05, 4.69) is 32.4 Å². The van der Waals surface area contributed by atoms with E-state index in [0.29, 0.717) is 52.9 Å². The molecular weight excluding hydrogens is 500 g/mol. The number of thiophene rings is 1. The van der Waals surface area contributed by atoms with Gasteiger partial charge in [-0.1, -0.05) is 0 Å². The molecular formula is C26H28N10OS. The molecule has 0 amide bonds. The number of ether oxygens (including phenoxy) is 1. The molecule has 3 fully saturated rings. The van der Waals surface area contributed by atoms with Gasteiger partial charge in [0.15, 0.2) is 11.6 Å². The van der Waals surface area contributed by atoms with Gasteiger partial charge in [-0.25, -0.2) is 0 Å². The number of nitrogens with one attached hydrogen (secondary N) is 1. The van der Waals surface area contributed by atoms with Crippen LogP contribution in [0.25, 0.3) is 0 Å². The number of hydrogen-bond donors (Lipinski definition) is 2. The molecule has 3 N–H and O–H groups in total. The van der Waals surface area contributed by atoms with Crippen LogP contribution in [0.4, 0.5) is 16.6 Å². The van der Waals surface area contributed by atoms with Crippen molar-refractivity contribution in [1.29, 1.82) is 10.5 Å². The number of piperazine rings is 1. The second kappa shape index (κ2) is 8.58. The van der Waals surface area contributed by atoms with Crippen molar-refractivity contribution >= 4 is 28.0 Å². The number of fused-ring (bicyclic) bond motifs is 4. The number of hydrogen-bond acceptors (Lipinski definition) is 11. The van der Waals surface area contributed by atoms with E-state index in [4.69, 9.17) is 20.4 Å². The SMILES string of the molecule is Cn1nccc1COc1nc(N2CC3CC[C@H](C2)N3)c(C#N)c(N2CC3(CCc4sc(N)c(C#N)c43)C2)n1. The quantitative estimate of drug-likeness (QED) is 0.503. The maximum Gasteiger partial charge on any atom is 0.320 e. The maximum absolute atomic E-state index is 10.3. The molecule has 1 unspecified atom stereocenters. The summed E-state index contributed by atoms with van der Waals surface area (Å²) in [6.45, 7) is 3.25. The van der Waals surface area contributed by atoms with E-state index in [1.165, 1.54) is 16.2 Å². The van der Waals surface area contributed by atoms with E-state index < -0.39 is 0 Å². The Morgan fingerprint density at radius 2 is 1.84 bits per heavy atom. The van der Waals surface area contributed by atoms with E-state index in [0.717, 1.165) is 50.0 Å². The van der Waals surface area contributed by atoms with Crippen molar-refractivity contribution in [3.63, 3.8) is 0 Å². The minimum atomic E-state index is -0.129. The zero-order valence-corrected chi connectivity index (χ0v) is 22.0. The van der Waals surface area contributed by atoms with Gasteiger partial charge in [0, 0.05) is 61.8 Å². The maximum atomic E-state index is 10.3. The lowest BCUT2D eigenvalue weighted by molar-refractivity contribution is 0.268. The molecule has 3 aromatic rings. The van der Waals surface area contributed by atoms with Gasteiger partial charge < -0.3 is 25.6 Å². The third-order valence-corrected chi connectivity index (χ3v) is 9.60. The predicted octanol–water partition coefficient (Wildman–Crippen LogP) is 1.82. The molecule has 1 aliphatic carbocycles. The van der Waals surface area contributed by atoms with Crippen LogP contribution in [0.5, 0.6) is 6.01 Å². The van der Waals surface area contributed by atoms with Gasteiger partial charge in [-0.2, -0.15) is 25.6 Å². The lowest BCUT2D eigenvalue weighted by Gasteiger charge is -2.49. The number of nitrogens with two attached hydrogens (primary N) is 1. The zero-order chi connectivity index (χ0) is 26.0. The number of nitrogens with zero attached hydrogens (tertiary/aromatic N) is 8. The molecule has 3 aromatic heterocycles. The fourth-order valence-electron chi connectivity index (χ4n) is 6.67. The highest BCUT2D eigenvalue weighted by atomic mass is 32.1. The van der Waals surface area contributed by atoms with Gasteiger partial charge in [0.25, 0.3) is 0 Å². The predicted molar refractivity (Wildman–Crippen MR) is 142 cm³/mol. The Morgan fingerprint density at radius 1 is 1.13 bits per heavy atom. The first-order valence-corrected chi connectivity index (χ1v) is 13.8. The van der Waals surface area contributed by atoms with Crippen molar-refractivity contribution in [2.45, 2.75) is 49.8 Å². The fourth-order valence-corrected chi connectivity index (χ4v) is 7.81. The second-order valence-corrected chi connectivity index (χ2v) is 11.9. The molecule has 6 heterocycles. The Labute approximate surface area is 224 Å². The summed E-state index contributed by atoms with van der Waals surface area (Å²) in [5.74, 6) is 1.24. The number of rotatable bonds is 5. The van der Waals surface area contributed by atoms with Gasteiger partial charge in [0.2, 0.25) is 0 Å². The normalized spacial score (nSPS) is 22.7. The molecule has 0 saturated carbocycles. The fraction of sp³-hybridized carbons (Fsp3) is 0.500. The summed E-state index contributed by atoms with van der Waals surface area (Å²) < 4.78 is 7.84. The largest absolute Gasteiger partial charge is 0.457 e. The summed E-state index contributed by atoms with van der Waals surface area (Å²) in [4.78, 5) is 15.1. The summed E-state index contributed by atoms with van der Waals surface area (Å²) in [7, 11) is 1.87. The van der Waals surface area contributed by atoms with Crippen LogP contribution in [0.2, 0.25) is 0 Å². The van der Waals surface area contributed by atoms with Gasteiger partial charge in [0.1, 0.15) is 29.3 Å². The van der Waals surface area contributed by atoms with Crippen LogP contribution in [0.3, 0.4) is 0 Å². The topological polar surface area (TPSA) is 145 Å². The van der Waals surface area contributed by atoms with E-state index >= 15 is 0 Å². The molecule has 194 valence electrons. The standard InChI is InChI=1S/C26H28N10OS/c1-34-17(5-7-30-34)12-37-25-32-23(35-10-15-2-3-16(11-35)31-15)19(9-28)24(33-25)36-13-26(14-36)6-4-20-21(26)18(8-27)22(29)38-20/h5,7,15-16,31H,2-4,6,10-14,29H2,1H3/t15-,16?/m1/s1. The first kappa shape index (κ1) is 23.3. The van der Waals surface area contributed by atoms with Crippen molar-refractivity contribution in [3.8, 4) is 18.1 Å². The van der Waals surface area contributed by atoms with Crippen LogP contribution in [0, 0.1) is 22.7 Å². The molecule has 38 heavy (non-hydrogen) atoms. The Balaban J connectivity index is 1.24.